The molecule has 1 aliphatic heterocycles. The summed E-state index contributed by atoms with van der Waals surface area (Å²) in [4.78, 5) is 14.6. The van der Waals surface area contributed by atoms with Crippen molar-refractivity contribution in [3.05, 3.63) is 34.9 Å². The van der Waals surface area contributed by atoms with Crippen LogP contribution in [0.3, 0.4) is 0 Å². The smallest absolute Gasteiger partial charge is 0.352 e. The number of alkyl halides is 6. The summed E-state index contributed by atoms with van der Waals surface area (Å²) in [5.74, 6) is 0.124. The highest BCUT2D eigenvalue weighted by atomic mass is 19.4. The first-order valence-electron chi connectivity index (χ1n) is 11.0. The van der Waals surface area contributed by atoms with Crippen molar-refractivity contribution in [3.8, 4) is 0 Å². The lowest BCUT2D eigenvalue weighted by Gasteiger charge is -2.32. The number of hydrogen-bond acceptors (Lipinski definition) is 3. The van der Waals surface area contributed by atoms with Crippen LogP contribution in [0.4, 0.5) is 26.3 Å². The third-order valence-corrected chi connectivity index (χ3v) is 6.14. The average Bonchev–Trinajstić information content (AvgIpc) is 3.55. The van der Waals surface area contributed by atoms with Crippen LogP contribution in [0.5, 0.6) is 0 Å². The first kappa shape index (κ1) is 24.8. The van der Waals surface area contributed by atoms with Gasteiger partial charge in [-0.3, -0.25) is 4.79 Å². The summed E-state index contributed by atoms with van der Waals surface area (Å²) in [5.41, 5.74) is -3.62. The van der Waals surface area contributed by atoms with Crippen LogP contribution in [0, 0.1) is 11.8 Å². The fourth-order valence-electron chi connectivity index (χ4n) is 3.91. The number of carbonyl (C=O) groups excluding carboxylic acids is 1. The molecule has 1 saturated heterocycles. The molecule has 0 spiro atoms. The highest BCUT2D eigenvalue weighted by molar-refractivity contribution is 5.94. The van der Waals surface area contributed by atoms with Gasteiger partial charge in [-0.15, -0.1) is 0 Å². The summed E-state index contributed by atoms with van der Waals surface area (Å²) in [6, 6.07) is 0.945. The van der Waals surface area contributed by atoms with Crippen LogP contribution in [0.15, 0.2) is 18.2 Å². The zero-order valence-corrected chi connectivity index (χ0v) is 17.8. The Kier molecular flexibility index (Phi) is 8.08. The van der Waals surface area contributed by atoms with E-state index in [0.717, 1.165) is 51.5 Å². The predicted molar refractivity (Wildman–Crippen MR) is 108 cm³/mol. The molecule has 32 heavy (non-hydrogen) atoms. The van der Waals surface area contributed by atoms with E-state index in [1.54, 1.807) is 0 Å². The SMILES string of the molecule is O=C(NCC1CCN(CCNCCC2CC2)CC1)c1cc(C(F)(F)F)cc(C(F)(F)F)c1. The minimum absolute atomic E-state index is 0.0211. The van der Waals surface area contributed by atoms with Crippen LogP contribution in [0.2, 0.25) is 0 Å². The predicted octanol–water partition coefficient (Wildman–Crippen LogP) is 4.56. The fourth-order valence-corrected chi connectivity index (χ4v) is 3.91. The molecule has 0 aromatic heterocycles. The molecule has 4 nitrogen and oxygen atoms in total. The molecule has 1 aliphatic carbocycles. The molecule has 180 valence electrons. The van der Waals surface area contributed by atoms with Crippen molar-refractivity contribution in [2.75, 3.05) is 39.3 Å². The Balaban J connectivity index is 1.44. The Hall–Kier alpha value is -1.81. The van der Waals surface area contributed by atoms with Gasteiger partial charge in [0.05, 0.1) is 11.1 Å². The van der Waals surface area contributed by atoms with Crippen molar-refractivity contribution < 1.29 is 31.1 Å². The third-order valence-electron chi connectivity index (χ3n) is 6.14. The van der Waals surface area contributed by atoms with Crippen LogP contribution in [0.1, 0.15) is 53.6 Å². The minimum Gasteiger partial charge on any atom is -0.352 e. The quantitative estimate of drug-likeness (QED) is 0.415. The second kappa shape index (κ2) is 10.4. The summed E-state index contributed by atoms with van der Waals surface area (Å²) >= 11 is 0. The molecule has 0 atom stereocenters. The van der Waals surface area contributed by atoms with Gasteiger partial charge in [0, 0.05) is 25.2 Å². The largest absolute Gasteiger partial charge is 0.416 e. The molecular weight excluding hydrogens is 436 g/mol. The number of carbonyl (C=O) groups is 1. The van der Waals surface area contributed by atoms with Gasteiger partial charge in [-0.05, 0) is 68.9 Å². The van der Waals surface area contributed by atoms with E-state index >= 15 is 0 Å². The summed E-state index contributed by atoms with van der Waals surface area (Å²) in [6.45, 7) is 4.83. The van der Waals surface area contributed by atoms with Gasteiger partial charge in [-0.2, -0.15) is 26.3 Å². The number of hydrogen-bond donors (Lipinski definition) is 2. The van der Waals surface area contributed by atoms with Crippen LogP contribution in [-0.4, -0.2) is 50.1 Å². The molecule has 1 heterocycles. The number of benzene rings is 1. The molecule has 10 heteroatoms. The second-order valence-corrected chi connectivity index (χ2v) is 8.77. The van der Waals surface area contributed by atoms with Crippen LogP contribution in [-0.2, 0) is 12.4 Å². The summed E-state index contributed by atoms with van der Waals surface area (Å²) in [7, 11) is 0. The zero-order chi connectivity index (χ0) is 23.4. The first-order chi connectivity index (χ1) is 15.0. The number of likely N-dealkylation sites (tertiary alicyclic amines) is 1. The van der Waals surface area contributed by atoms with Gasteiger partial charge < -0.3 is 15.5 Å². The van der Waals surface area contributed by atoms with Gasteiger partial charge in [0.2, 0.25) is 0 Å². The van der Waals surface area contributed by atoms with Crippen molar-refractivity contribution in [1.82, 2.24) is 15.5 Å². The molecule has 1 saturated carbocycles. The van der Waals surface area contributed by atoms with E-state index in [9.17, 15) is 31.1 Å². The number of halogens is 6. The molecule has 2 aliphatic rings. The Morgan fingerprint density at radius 3 is 2.00 bits per heavy atom. The second-order valence-electron chi connectivity index (χ2n) is 8.77. The molecule has 2 fully saturated rings. The maximum Gasteiger partial charge on any atom is 0.416 e. The summed E-state index contributed by atoms with van der Waals surface area (Å²) in [6.07, 6.45) is -4.38. The van der Waals surface area contributed by atoms with E-state index in [2.05, 4.69) is 15.5 Å². The van der Waals surface area contributed by atoms with Gasteiger partial charge in [0.15, 0.2) is 0 Å². The molecule has 3 rings (SSSR count). The summed E-state index contributed by atoms with van der Waals surface area (Å²) in [5, 5.41) is 5.96. The van der Waals surface area contributed by atoms with Gasteiger partial charge in [-0.25, -0.2) is 0 Å². The van der Waals surface area contributed by atoms with Crippen molar-refractivity contribution in [1.29, 1.82) is 0 Å². The summed E-state index contributed by atoms with van der Waals surface area (Å²) < 4.78 is 77.8. The molecular formula is C22H29F6N3O. The number of rotatable bonds is 9. The van der Waals surface area contributed by atoms with Crippen LogP contribution < -0.4 is 10.6 Å². The van der Waals surface area contributed by atoms with E-state index in [1.807, 2.05) is 0 Å². The lowest BCUT2D eigenvalue weighted by Crippen LogP contribution is -2.41. The van der Waals surface area contributed by atoms with E-state index in [0.29, 0.717) is 12.1 Å². The molecule has 1 aromatic rings. The molecule has 1 aromatic carbocycles. The third kappa shape index (κ3) is 7.65. The molecule has 0 unspecified atom stereocenters. The monoisotopic (exact) mass is 465 g/mol. The zero-order valence-electron chi connectivity index (χ0n) is 17.8. The number of nitrogens with one attached hydrogen (secondary N) is 2. The van der Waals surface area contributed by atoms with E-state index in [-0.39, 0.29) is 18.5 Å². The maximum atomic E-state index is 13.0. The van der Waals surface area contributed by atoms with Gasteiger partial charge in [0.25, 0.3) is 5.91 Å². The Morgan fingerprint density at radius 2 is 1.47 bits per heavy atom. The Bertz CT molecular complexity index is 736. The normalized spacial score (nSPS) is 18.7. The Morgan fingerprint density at radius 1 is 0.875 bits per heavy atom. The van der Waals surface area contributed by atoms with Gasteiger partial charge in [0.1, 0.15) is 0 Å². The number of amides is 1. The Labute approximate surface area is 183 Å². The van der Waals surface area contributed by atoms with Crippen molar-refractivity contribution in [3.63, 3.8) is 0 Å². The standard InChI is InChI=1S/C22H29F6N3O/c23-21(24,25)18-11-17(12-19(13-18)22(26,27)28)20(32)30-14-16-4-8-31(9-5-16)10-7-29-6-3-15-1-2-15/h11-13,15-16,29H,1-10,14H2,(H,30,32). The van der Waals surface area contributed by atoms with Gasteiger partial charge in [-0.1, -0.05) is 12.8 Å². The molecule has 1 amide bonds. The van der Waals surface area contributed by atoms with Crippen molar-refractivity contribution in [2.45, 2.75) is 44.5 Å². The van der Waals surface area contributed by atoms with Crippen molar-refractivity contribution in [2.24, 2.45) is 11.8 Å². The number of piperidine rings is 1. The lowest BCUT2D eigenvalue weighted by atomic mass is 9.96. The average molecular weight is 465 g/mol. The topological polar surface area (TPSA) is 44.4 Å². The molecule has 2 N–H and O–H groups in total. The van der Waals surface area contributed by atoms with E-state index in [1.165, 1.54) is 19.3 Å². The fraction of sp³-hybridized carbons (Fsp3) is 0.682. The van der Waals surface area contributed by atoms with E-state index < -0.39 is 35.0 Å². The molecule has 0 radical (unpaired) electrons. The highest BCUT2D eigenvalue weighted by Gasteiger charge is 2.37. The first-order valence-corrected chi connectivity index (χ1v) is 11.0. The lowest BCUT2D eigenvalue weighted by molar-refractivity contribution is -0.143. The number of nitrogens with zero attached hydrogens (tertiary/aromatic N) is 1. The molecule has 0 bridgehead atoms. The van der Waals surface area contributed by atoms with Gasteiger partial charge >= 0.3 is 12.4 Å². The minimum atomic E-state index is -4.98. The van der Waals surface area contributed by atoms with Crippen LogP contribution in [0.25, 0.3) is 0 Å². The maximum absolute atomic E-state index is 13.0. The van der Waals surface area contributed by atoms with Crippen molar-refractivity contribution >= 4 is 5.91 Å². The highest BCUT2D eigenvalue weighted by Crippen LogP contribution is 2.36. The van der Waals surface area contributed by atoms with E-state index in [4.69, 9.17) is 0 Å². The van der Waals surface area contributed by atoms with Crippen LogP contribution >= 0.6 is 0 Å².